The monoisotopic (exact) mass is 81.0 g/mol. The van der Waals surface area contributed by atoms with Gasteiger partial charge in [0.15, 0.2) is 0 Å². The van der Waals surface area contributed by atoms with Crippen molar-refractivity contribution in [2.24, 2.45) is 0 Å². The van der Waals surface area contributed by atoms with E-state index in [9.17, 15) is 8.78 Å². The van der Waals surface area contributed by atoms with Crippen LogP contribution in [0.3, 0.4) is 0 Å². The van der Waals surface area contributed by atoms with Gasteiger partial charge < -0.3 is 0 Å². The third-order valence-corrected chi connectivity index (χ3v) is 0.256. The Hall–Kier alpha value is -0.220. The normalized spacial score (nSPS) is 30.0. The number of alkyl halides is 2. The number of nitrogens with one attached hydrogen (secondary N) is 1. The SMILES string of the molecule is FC1(F)NO1. The van der Waals surface area contributed by atoms with Crippen molar-refractivity contribution < 1.29 is 13.6 Å². The Balaban J connectivity index is 2.38. The molecule has 0 saturated carbocycles. The number of halogens is 2. The summed E-state index contributed by atoms with van der Waals surface area (Å²) in [5.41, 5.74) is 1.34. The Bertz CT molecular complexity index is 47.6. The van der Waals surface area contributed by atoms with E-state index in [0.717, 1.165) is 0 Å². The lowest BCUT2D eigenvalue weighted by atomic mass is 11.3. The Morgan fingerprint density at radius 2 is 1.80 bits per heavy atom. The van der Waals surface area contributed by atoms with Gasteiger partial charge in [0, 0.05) is 0 Å². The first-order valence-electron chi connectivity index (χ1n) is 1.04. The Morgan fingerprint density at radius 1 is 1.60 bits per heavy atom. The lowest BCUT2D eigenvalue weighted by molar-refractivity contribution is 0.00129. The molecular formula is CHF2NO. The van der Waals surface area contributed by atoms with Crippen LogP contribution in [0.25, 0.3) is 0 Å². The van der Waals surface area contributed by atoms with E-state index in [2.05, 4.69) is 4.84 Å². The van der Waals surface area contributed by atoms with Crippen molar-refractivity contribution in [3.63, 3.8) is 0 Å². The van der Waals surface area contributed by atoms with Crippen molar-refractivity contribution in [3.05, 3.63) is 0 Å². The average molecular weight is 81.0 g/mol. The van der Waals surface area contributed by atoms with Gasteiger partial charge in [-0.05, 0) is 0 Å². The van der Waals surface area contributed by atoms with E-state index in [0.29, 0.717) is 0 Å². The van der Waals surface area contributed by atoms with Gasteiger partial charge >= 0.3 is 6.23 Å². The minimum atomic E-state index is -3.00. The lowest BCUT2D eigenvalue weighted by Crippen LogP contribution is -1.92. The van der Waals surface area contributed by atoms with Gasteiger partial charge in [-0.2, -0.15) is 8.78 Å². The number of hydrogen-bond acceptors (Lipinski definition) is 2. The van der Waals surface area contributed by atoms with Crippen LogP contribution in [0.2, 0.25) is 0 Å². The Labute approximate surface area is 26.7 Å². The van der Waals surface area contributed by atoms with E-state index in [-0.39, 0.29) is 0 Å². The summed E-state index contributed by atoms with van der Waals surface area (Å²) in [5.74, 6) is 0. The first-order chi connectivity index (χ1) is 2.21. The Morgan fingerprint density at radius 3 is 1.80 bits per heavy atom. The van der Waals surface area contributed by atoms with Crippen molar-refractivity contribution in [3.8, 4) is 0 Å². The molecule has 1 N–H and O–H groups in total. The smallest absolute Gasteiger partial charge is 0.209 e. The largest absolute Gasteiger partial charge is 0.460 e. The van der Waals surface area contributed by atoms with Crippen molar-refractivity contribution >= 4 is 0 Å². The summed E-state index contributed by atoms with van der Waals surface area (Å²) in [6.45, 7) is 0. The minimum absolute atomic E-state index is 1.34. The fourth-order valence-electron chi connectivity index (χ4n) is 0.0386. The van der Waals surface area contributed by atoms with Gasteiger partial charge in [0.05, 0.1) is 0 Å². The van der Waals surface area contributed by atoms with Gasteiger partial charge in [0.1, 0.15) is 0 Å². The Kier molecular flexibility index (Phi) is 0.289. The molecule has 1 fully saturated rings. The van der Waals surface area contributed by atoms with Gasteiger partial charge in [-0.25, -0.2) is 4.84 Å². The van der Waals surface area contributed by atoms with Gasteiger partial charge in [0.2, 0.25) is 0 Å². The molecule has 4 heteroatoms. The average Bonchev–Trinajstić information content (AvgIpc) is 1.76. The highest BCUT2D eigenvalue weighted by Crippen LogP contribution is 2.20. The van der Waals surface area contributed by atoms with Crippen LogP contribution in [-0.2, 0) is 4.84 Å². The van der Waals surface area contributed by atoms with E-state index in [1.165, 1.54) is 5.48 Å². The van der Waals surface area contributed by atoms with E-state index in [1.54, 1.807) is 0 Å². The number of hydroxylamine groups is 1. The highest BCUT2D eigenvalue weighted by Gasteiger charge is 2.46. The molecule has 0 radical (unpaired) electrons. The van der Waals surface area contributed by atoms with Gasteiger partial charge in [-0.3, -0.25) is 0 Å². The van der Waals surface area contributed by atoms with Crippen LogP contribution < -0.4 is 5.48 Å². The summed E-state index contributed by atoms with van der Waals surface area (Å²) < 4.78 is 21.6. The van der Waals surface area contributed by atoms with Crippen LogP contribution in [0.4, 0.5) is 8.78 Å². The van der Waals surface area contributed by atoms with E-state index in [1.807, 2.05) is 0 Å². The molecule has 0 aliphatic carbocycles. The lowest BCUT2D eigenvalue weighted by Gasteiger charge is -1.66. The quantitative estimate of drug-likeness (QED) is 0.331. The van der Waals surface area contributed by atoms with E-state index in [4.69, 9.17) is 0 Å². The van der Waals surface area contributed by atoms with Crippen LogP contribution in [-0.4, -0.2) is 6.23 Å². The molecule has 0 spiro atoms. The summed E-state index contributed by atoms with van der Waals surface area (Å²) in [7, 11) is 0. The predicted molar refractivity (Wildman–Crippen MR) is 9.17 cm³/mol. The van der Waals surface area contributed by atoms with Crippen molar-refractivity contribution in [1.29, 1.82) is 0 Å². The molecule has 30 valence electrons. The van der Waals surface area contributed by atoms with Crippen molar-refractivity contribution in [2.75, 3.05) is 0 Å². The zero-order valence-corrected chi connectivity index (χ0v) is 2.16. The van der Waals surface area contributed by atoms with Gasteiger partial charge in [-0.15, -0.1) is 5.48 Å². The highest BCUT2D eigenvalue weighted by atomic mass is 19.3. The van der Waals surface area contributed by atoms with Crippen LogP contribution >= 0.6 is 0 Å². The summed E-state index contributed by atoms with van der Waals surface area (Å²) in [5, 5.41) is 0. The first-order valence-corrected chi connectivity index (χ1v) is 1.04. The predicted octanol–water partition coefficient (Wildman–Crippen LogP) is 0.0715. The van der Waals surface area contributed by atoms with E-state index < -0.39 is 6.23 Å². The third-order valence-electron chi connectivity index (χ3n) is 0.256. The molecule has 1 aliphatic heterocycles. The van der Waals surface area contributed by atoms with E-state index >= 15 is 0 Å². The van der Waals surface area contributed by atoms with Crippen LogP contribution in [0.1, 0.15) is 0 Å². The summed E-state index contributed by atoms with van der Waals surface area (Å²) in [6, 6.07) is 0. The maximum Gasteiger partial charge on any atom is 0.460 e. The summed E-state index contributed by atoms with van der Waals surface area (Å²) in [6.07, 6.45) is -3.00. The van der Waals surface area contributed by atoms with Crippen LogP contribution in [0.5, 0.6) is 0 Å². The fourth-order valence-corrected chi connectivity index (χ4v) is 0.0386. The second-order valence-corrected chi connectivity index (χ2v) is 0.721. The zero-order valence-electron chi connectivity index (χ0n) is 2.16. The second-order valence-electron chi connectivity index (χ2n) is 0.721. The third kappa shape index (κ3) is 0.524. The molecule has 0 atom stereocenters. The second kappa shape index (κ2) is 0.483. The topological polar surface area (TPSA) is 34.5 Å². The molecule has 0 aromatic rings. The molecule has 0 unspecified atom stereocenters. The molecule has 1 saturated heterocycles. The van der Waals surface area contributed by atoms with Crippen molar-refractivity contribution in [2.45, 2.75) is 6.23 Å². The maximum absolute atomic E-state index is 10.8. The van der Waals surface area contributed by atoms with Crippen LogP contribution in [0.15, 0.2) is 0 Å². The molecule has 1 rings (SSSR count). The first kappa shape index (κ1) is 2.99. The summed E-state index contributed by atoms with van der Waals surface area (Å²) >= 11 is 0. The molecule has 0 bridgehead atoms. The van der Waals surface area contributed by atoms with Gasteiger partial charge in [0.25, 0.3) is 0 Å². The molecular weight excluding hydrogens is 80.0 g/mol. The molecule has 0 aromatic heterocycles. The van der Waals surface area contributed by atoms with Crippen molar-refractivity contribution in [1.82, 2.24) is 5.48 Å². The fraction of sp³-hybridized carbons (Fsp3) is 1.00. The molecule has 2 nitrogen and oxygen atoms in total. The molecule has 0 amide bonds. The molecule has 5 heavy (non-hydrogen) atoms. The highest BCUT2D eigenvalue weighted by molar-refractivity contribution is 4.47. The van der Waals surface area contributed by atoms with Crippen LogP contribution in [0, 0.1) is 0 Å². The summed E-state index contributed by atoms with van der Waals surface area (Å²) in [4.78, 5) is 3.31. The standard InChI is InChI=1S/CHF2NO/c2-1(3)4-5-1/h4H. The molecule has 0 aromatic carbocycles. The maximum atomic E-state index is 10.8. The molecule has 1 heterocycles. The zero-order chi connectivity index (χ0) is 3.91. The van der Waals surface area contributed by atoms with Gasteiger partial charge in [-0.1, -0.05) is 0 Å². The molecule has 1 aliphatic rings. The number of rotatable bonds is 0. The minimum Gasteiger partial charge on any atom is -0.209 e. The number of hydrogen-bond donors (Lipinski definition) is 1.